The molecule has 2 nitrogen and oxygen atoms in total. The normalized spacial score (nSPS) is 12.8. The standard InChI is InChI=1S/C11H16BrNO/c1-3-13-8-11(14-2)9-6-4-5-7-10(9)12/h4-7,11,13H,3,8H2,1-2H3. The second-order valence-corrected chi connectivity index (χ2v) is 3.91. The molecule has 0 amide bonds. The van der Waals surface area contributed by atoms with Gasteiger partial charge < -0.3 is 10.1 Å². The van der Waals surface area contributed by atoms with Crippen LogP contribution in [0.3, 0.4) is 0 Å². The predicted molar refractivity (Wildman–Crippen MR) is 62.4 cm³/mol. The quantitative estimate of drug-likeness (QED) is 0.876. The van der Waals surface area contributed by atoms with Crippen LogP contribution in [0, 0.1) is 0 Å². The van der Waals surface area contributed by atoms with E-state index in [-0.39, 0.29) is 6.10 Å². The maximum atomic E-state index is 5.43. The first-order valence-electron chi connectivity index (χ1n) is 4.77. The van der Waals surface area contributed by atoms with Crippen LogP contribution in [-0.2, 0) is 4.74 Å². The number of hydrogen-bond donors (Lipinski definition) is 1. The molecule has 0 aliphatic carbocycles. The van der Waals surface area contributed by atoms with Crippen LogP contribution in [0.15, 0.2) is 28.7 Å². The van der Waals surface area contributed by atoms with E-state index in [1.807, 2.05) is 18.2 Å². The minimum atomic E-state index is 0.116. The smallest absolute Gasteiger partial charge is 0.0956 e. The molecule has 0 aliphatic rings. The number of benzene rings is 1. The molecule has 1 rings (SSSR count). The molecule has 0 bridgehead atoms. The molecule has 14 heavy (non-hydrogen) atoms. The first-order chi connectivity index (χ1) is 6.79. The van der Waals surface area contributed by atoms with Crippen molar-refractivity contribution < 1.29 is 4.74 Å². The Morgan fingerprint density at radius 1 is 1.43 bits per heavy atom. The van der Waals surface area contributed by atoms with E-state index in [1.54, 1.807) is 7.11 Å². The molecule has 0 saturated heterocycles. The molecule has 1 aromatic rings. The summed E-state index contributed by atoms with van der Waals surface area (Å²) in [4.78, 5) is 0. The van der Waals surface area contributed by atoms with Gasteiger partial charge in [0.1, 0.15) is 0 Å². The summed E-state index contributed by atoms with van der Waals surface area (Å²) < 4.78 is 6.53. The molecule has 1 aromatic carbocycles. The lowest BCUT2D eigenvalue weighted by molar-refractivity contribution is 0.102. The van der Waals surface area contributed by atoms with Crippen molar-refractivity contribution in [1.82, 2.24) is 5.32 Å². The van der Waals surface area contributed by atoms with Gasteiger partial charge in [0.2, 0.25) is 0 Å². The molecule has 0 aromatic heterocycles. The van der Waals surface area contributed by atoms with Gasteiger partial charge in [0.25, 0.3) is 0 Å². The second-order valence-electron chi connectivity index (χ2n) is 3.05. The summed E-state index contributed by atoms with van der Waals surface area (Å²) in [6.07, 6.45) is 0.116. The van der Waals surface area contributed by atoms with E-state index >= 15 is 0 Å². The molecule has 1 unspecified atom stereocenters. The van der Waals surface area contributed by atoms with E-state index in [1.165, 1.54) is 5.56 Å². The fourth-order valence-corrected chi connectivity index (χ4v) is 1.87. The zero-order chi connectivity index (χ0) is 10.4. The van der Waals surface area contributed by atoms with Crippen molar-refractivity contribution in [2.75, 3.05) is 20.2 Å². The Bertz CT molecular complexity index is 278. The van der Waals surface area contributed by atoms with Crippen LogP contribution in [0.5, 0.6) is 0 Å². The molecular formula is C11H16BrNO. The molecule has 0 radical (unpaired) electrons. The number of ether oxygens (including phenoxy) is 1. The lowest BCUT2D eigenvalue weighted by Crippen LogP contribution is -2.22. The van der Waals surface area contributed by atoms with Gasteiger partial charge in [0.05, 0.1) is 6.10 Å². The van der Waals surface area contributed by atoms with Crippen molar-refractivity contribution in [2.45, 2.75) is 13.0 Å². The van der Waals surface area contributed by atoms with Crippen molar-refractivity contribution in [3.63, 3.8) is 0 Å². The maximum Gasteiger partial charge on any atom is 0.0956 e. The highest BCUT2D eigenvalue weighted by atomic mass is 79.9. The fourth-order valence-electron chi connectivity index (χ4n) is 1.33. The molecule has 0 spiro atoms. The first kappa shape index (κ1) is 11.7. The molecule has 0 aliphatic heterocycles. The lowest BCUT2D eigenvalue weighted by Gasteiger charge is -2.17. The molecule has 1 N–H and O–H groups in total. The van der Waals surface area contributed by atoms with Gasteiger partial charge in [-0.15, -0.1) is 0 Å². The van der Waals surface area contributed by atoms with Crippen LogP contribution >= 0.6 is 15.9 Å². The summed E-state index contributed by atoms with van der Waals surface area (Å²) >= 11 is 3.52. The maximum absolute atomic E-state index is 5.43. The van der Waals surface area contributed by atoms with Crippen LogP contribution in [0.1, 0.15) is 18.6 Å². The van der Waals surface area contributed by atoms with E-state index in [0.29, 0.717) is 0 Å². The molecule has 78 valence electrons. The summed E-state index contributed by atoms with van der Waals surface area (Å²) in [5, 5.41) is 3.28. The number of halogens is 1. The summed E-state index contributed by atoms with van der Waals surface area (Å²) in [6, 6.07) is 8.15. The third kappa shape index (κ3) is 3.08. The van der Waals surface area contributed by atoms with E-state index in [9.17, 15) is 0 Å². The van der Waals surface area contributed by atoms with Crippen molar-refractivity contribution in [3.05, 3.63) is 34.3 Å². The highest BCUT2D eigenvalue weighted by molar-refractivity contribution is 9.10. The SMILES string of the molecule is CCNCC(OC)c1ccccc1Br. The molecule has 3 heteroatoms. The minimum Gasteiger partial charge on any atom is -0.375 e. The number of hydrogen-bond acceptors (Lipinski definition) is 2. The Labute approximate surface area is 93.8 Å². The summed E-state index contributed by atoms with van der Waals surface area (Å²) in [5.74, 6) is 0. The Morgan fingerprint density at radius 2 is 2.14 bits per heavy atom. The highest BCUT2D eigenvalue weighted by Crippen LogP contribution is 2.24. The fraction of sp³-hybridized carbons (Fsp3) is 0.455. The van der Waals surface area contributed by atoms with Crippen LogP contribution in [0.2, 0.25) is 0 Å². The average Bonchev–Trinajstić information content (AvgIpc) is 2.21. The third-order valence-corrected chi connectivity index (χ3v) is 2.84. The Morgan fingerprint density at radius 3 is 2.71 bits per heavy atom. The van der Waals surface area contributed by atoms with Gasteiger partial charge in [0, 0.05) is 18.1 Å². The van der Waals surface area contributed by atoms with Crippen LogP contribution in [-0.4, -0.2) is 20.2 Å². The van der Waals surface area contributed by atoms with Gasteiger partial charge in [-0.3, -0.25) is 0 Å². The van der Waals surface area contributed by atoms with Crippen molar-refractivity contribution in [2.24, 2.45) is 0 Å². The Kier molecular flexibility index (Phi) is 5.15. The highest BCUT2D eigenvalue weighted by Gasteiger charge is 2.11. The van der Waals surface area contributed by atoms with Crippen molar-refractivity contribution in [3.8, 4) is 0 Å². The van der Waals surface area contributed by atoms with E-state index in [0.717, 1.165) is 17.6 Å². The van der Waals surface area contributed by atoms with Gasteiger partial charge in [-0.25, -0.2) is 0 Å². The number of likely N-dealkylation sites (N-methyl/N-ethyl adjacent to an activating group) is 1. The lowest BCUT2D eigenvalue weighted by atomic mass is 10.1. The predicted octanol–water partition coefficient (Wildman–Crippen LogP) is 2.75. The number of nitrogens with one attached hydrogen (secondary N) is 1. The van der Waals surface area contributed by atoms with Crippen LogP contribution < -0.4 is 5.32 Å². The topological polar surface area (TPSA) is 21.3 Å². The third-order valence-electron chi connectivity index (χ3n) is 2.12. The number of rotatable bonds is 5. The molecule has 0 fully saturated rings. The minimum absolute atomic E-state index is 0.116. The largest absolute Gasteiger partial charge is 0.375 e. The average molecular weight is 258 g/mol. The zero-order valence-corrected chi connectivity index (χ0v) is 10.2. The number of methoxy groups -OCH3 is 1. The van der Waals surface area contributed by atoms with Crippen molar-refractivity contribution >= 4 is 15.9 Å². The summed E-state index contributed by atoms with van der Waals surface area (Å²) in [7, 11) is 1.74. The monoisotopic (exact) mass is 257 g/mol. The summed E-state index contributed by atoms with van der Waals surface area (Å²) in [6.45, 7) is 3.90. The first-order valence-corrected chi connectivity index (χ1v) is 5.56. The van der Waals surface area contributed by atoms with Gasteiger partial charge in [0.15, 0.2) is 0 Å². The van der Waals surface area contributed by atoms with Gasteiger partial charge in [-0.2, -0.15) is 0 Å². The van der Waals surface area contributed by atoms with E-state index in [4.69, 9.17) is 4.74 Å². The van der Waals surface area contributed by atoms with Gasteiger partial charge in [-0.1, -0.05) is 41.1 Å². The molecule has 1 atom stereocenters. The van der Waals surface area contributed by atoms with Gasteiger partial charge in [-0.05, 0) is 18.2 Å². The zero-order valence-electron chi connectivity index (χ0n) is 8.59. The van der Waals surface area contributed by atoms with Crippen LogP contribution in [0.4, 0.5) is 0 Å². The second kappa shape index (κ2) is 6.17. The molecule has 0 heterocycles. The van der Waals surface area contributed by atoms with E-state index < -0.39 is 0 Å². The summed E-state index contributed by atoms with van der Waals surface area (Å²) in [5.41, 5.74) is 1.19. The Hall–Kier alpha value is -0.380. The van der Waals surface area contributed by atoms with Crippen molar-refractivity contribution in [1.29, 1.82) is 0 Å². The molecule has 0 saturated carbocycles. The van der Waals surface area contributed by atoms with E-state index in [2.05, 4.69) is 34.2 Å². The Balaban J connectivity index is 2.73. The molecular weight excluding hydrogens is 242 g/mol. The van der Waals surface area contributed by atoms with Crippen LogP contribution in [0.25, 0.3) is 0 Å². The van der Waals surface area contributed by atoms with Gasteiger partial charge >= 0.3 is 0 Å².